The first kappa shape index (κ1) is 6.47. The predicted molar refractivity (Wildman–Crippen MR) is 36.4 cm³/mol. The zero-order chi connectivity index (χ0) is 7.56. The molecule has 10 heavy (non-hydrogen) atoms. The molecule has 1 rings (SSSR count). The molecule has 52 valence electrons. The molecule has 1 aromatic heterocycles. The summed E-state index contributed by atoms with van der Waals surface area (Å²) >= 11 is 0. The second-order valence-corrected chi connectivity index (χ2v) is 1.62. The van der Waals surface area contributed by atoms with E-state index in [1.165, 1.54) is 12.5 Å². The van der Waals surface area contributed by atoms with Gasteiger partial charge < -0.3 is 5.73 Å². The van der Waals surface area contributed by atoms with E-state index in [1.54, 1.807) is 0 Å². The number of aromatic nitrogens is 2. The summed E-state index contributed by atoms with van der Waals surface area (Å²) in [6.07, 6.45) is 2.68. The Morgan fingerprint density at radius 1 is 1.90 bits per heavy atom. The average Bonchev–Trinajstić information content (AvgIpc) is 2.33. The summed E-state index contributed by atoms with van der Waals surface area (Å²) in [5, 5.41) is 0. The van der Waals surface area contributed by atoms with Gasteiger partial charge in [-0.15, -0.1) is 0 Å². The van der Waals surface area contributed by atoms with Crippen LogP contribution in [0.15, 0.2) is 17.5 Å². The molecule has 0 bridgehead atoms. The summed E-state index contributed by atoms with van der Waals surface area (Å²) in [7, 11) is 0. The monoisotopic (exact) mass is 138 g/mol. The number of rotatable bonds is 1. The molecule has 5 heteroatoms. The molecule has 0 aliphatic carbocycles. The molecule has 1 heterocycles. The molecule has 0 saturated heterocycles. The van der Waals surface area contributed by atoms with Gasteiger partial charge in [-0.25, -0.2) is 19.3 Å². The lowest BCUT2D eigenvalue weighted by Crippen LogP contribution is -2.17. The number of carbonyl (C=O) groups is 1. The third kappa shape index (κ3) is 0.883. The van der Waals surface area contributed by atoms with Crippen molar-refractivity contribution in [2.75, 3.05) is 0 Å². The zero-order valence-electron chi connectivity index (χ0n) is 5.19. The van der Waals surface area contributed by atoms with E-state index in [9.17, 15) is 4.79 Å². The minimum Gasteiger partial charge on any atom is -0.351 e. The normalized spacial score (nSPS) is 9.20. The van der Waals surface area contributed by atoms with Gasteiger partial charge in [0, 0.05) is 0 Å². The molecular formula is C5H6N4O. The molecule has 0 aliphatic heterocycles. The van der Waals surface area contributed by atoms with Crippen molar-refractivity contribution in [2.24, 2.45) is 10.7 Å². The molecule has 0 aromatic carbocycles. The third-order valence-electron chi connectivity index (χ3n) is 1.02. The van der Waals surface area contributed by atoms with Crippen molar-refractivity contribution in [3.63, 3.8) is 0 Å². The van der Waals surface area contributed by atoms with Crippen molar-refractivity contribution in [2.45, 2.75) is 0 Å². The van der Waals surface area contributed by atoms with Gasteiger partial charge in [-0.1, -0.05) is 0 Å². The molecule has 0 aliphatic rings. The molecular weight excluding hydrogens is 132 g/mol. The van der Waals surface area contributed by atoms with Crippen LogP contribution >= 0.6 is 0 Å². The molecule has 2 N–H and O–H groups in total. The van der Waals surface area contributed by atoms with Crippen molar-refractivity contribution in [1.29, 1.82) is 0 Å². The maximum atomic E-state index is 10.5. The van der Waals surface area contributed by atoms with Gasteiger partial charge in [0.15, 0.2) is 5.82 Å². The number of carbonyl (C=O) groups excluding carboxylic acids is 1. The number of imidazole rings is 1. The van der Waals surface area contributed by atoms with E-state index in [-0.39, 0.29) is 0 Å². The van der Waals surface area contributed by atoms with Gasteiger partial charge in [-0.05, 0) is 6.72 Å². The van der Waals surface area contributed by atoms with E-state index >= 15 is 0 Å². The molecule has 0 atom stereocenters. The Morgan fingerprint density at radius 3 is 3.00 bits per heavy atom. The summed E-state index contributed by atoms with van der Waals surface area (Å²) in [6.45, 7) is 3.23. The highest BCUT2D eigenvalue weighted by atomic mass is 16.2. The number of amides is 1. The molecule has 5 nitrogen and oxygen atoms in total. The minimum absolute atomic E-state index is 0.354. The molecule has 0 unspecified atom stereocenters. The maximum Gasteiger partial charge on any atom is 0.325 e. The van der Waals surface area contributed by atoms with Crippen molar-refractivity contribution < 1.29 is 4.79 Å². The predicted octanol–water partition coefficient (Wildman–Crippen LogP) is 0.142. The Bertz CT molecular complexity index is 264. The van der Waals surface area contributed by atoms with Crippen LogP contribution in [-0.4, -0.2) is 22.3 Å². The molecule has 1 amide bonds. The summed E-state index contributed by atoms with van der Waals surface area (Å²) in [5.41, 5.74) is 4.93. The van der Waals surface area contributed by atoms with E-state index in [1.807, 2.05) is 0 Å². The van der Waals surface area contributed by atoms with Crippen LogP contribution < -0.4 is 5.73 Å². The van der Waals surface area contributed by atoms with E-state index in [0.717, 1.165) is 4.57 Å². The second-order valence-electron chi connectivity index (χ2n) is 1.62. The first-order chi connectivity index (χ1) is 4.75. The van der Waals surface area contributed by atoms with Crippen molar-refractivity contribution in [1.82, 2.24) is 9.55 Å². The Kier molecular flexibility index (Phi) is 1.49. The van der Waals surface area contributed by atoms with E-state index < -0.39 is 6.03 Å². The SMILES string of the molecule is C=Nc1cncn1C(N)=O. The largest absolute Gasteiger partial charge is 0.351 e. The van der Waals surface area contributed by atoms with E-state index in [2.05, 4.69) is 16.7 Å². The van der Waals surface area contributed by atoms with Crippen LogP contribution in [0.5, 0.6) is 0 Å². The van der Waals surface area contributed by atoms with E-state index in [4.69, 9.17) is 5.73 Å². The minimum atomic E-state index is -0.611. The number of nitrogens with zero attached hydrogens (tertiary/aromatic N) is 3. The number of hydrogen-bond donors (Lipinski definition) is 1. The Balaban J connectivity index is 3.13. The number of primary amides is 1. The molecule has 0 saturated carbocycles. The standard InChI is InChI=1S/C5H6N4O/c1-7-4-2-8-3-9(4)5(6)10/h2-3H,1H2,(H2,6,10). The summed E-state index contributed by atoms with van der Waals surface area (Å²) in [5.74, 6) is 0.354. The molecule has 1 aromatic rings. The number of hydrogen-bond acceptors (Lipinski definition) is 3. The fraction of sp³-hybridized carbons (Fsp3) is 0. The highest BCUT2D eigenvalue weighted by molar-refractivity contribution is 5.77. The van der Waals surface area contributed by atoms with Gasteiger partial charge in [0.05, 0.1) is 6.20 Å². The fourth-order valence-electron chi connectivity index (χ4n) is 0.575. The second kappa shape index (κ2) is 2.30. The van der Waals surface area contributed by atoms with Crippen molar-refractivity contribution >= 4 is 18.6 Å². The van der Waals surface area contributed by atoms with Gasteiger partial charge in [0.25, 0.3) is 0 Å². The van der Waals surface area contributed by atoms with Crippen LogP contribution in [0, 0.1) is 0 Å². The first-order valence-corrected chi connectivity index (χ1v) is 2.54. The first-order valence-electron chi connectivity index (χ1n) is 2.54. The lowest BCUT2D eigenvalue weighted by Gasteiger charge is -1.94. The smallest absolute Gasteiger partial charge is 0.325 e. The van der Waals surface area contributed by atoms with Crippen molar-refractivity contribution in [3.8, 4) is 0 Å². The third-order valence-corrected chi connectivity index (χ3v) is 1.02. The number of aliphatic imine (C=N–C) groups is 1. The topological polar surface area (TPSA) is 73.3 Å². The Morgan fingerprint density at radius 2 is 2.60 bits per heavy atom. The van der Waals surface area contributed by atoms with E-state index in [0.29, 0.717) is 5.82 Å². The lowest BCUT2D eigenvalue weighted by atomic mass is 10.7. The Hall–Kier alpha value is -1.65. The summed E-state index contributed by atoms with van der Waals surface area (Å²) in [4.78, 5) is 17.6. The average molecular weight is 138 g/mol. The van der Waals surface area contributed by atoms with Gasteiger partial charge in [-0.2, -0.15) is 0 Å². The van der Waals surface area contributed by atoms with Crippen LogP contribution in [0.3, 0.4) is 0 Å². The maximum absolute atomic E-state index is 10.5. The lowest BCUT2D eigenvalue weighted by molar-refractivity contribution is 0.250. The van der Waals surface area contributed by atoms with Gasteiger partial charge in [-0.3, -0.25) is 0 Å². The van der Waals surface area contributed by atoms with Crippen LogP contribution in [0.2, 0.25) is 0 Å². The summed E-state index contributed by atoms with van der Waals surface area (Å²) in [6, 6.07) is -0.611. The van der Waals surface area contributed by atoms with Gasteiger partial charge in [0.1, 0.15) is 6.33 Å². The van der Waals surface area contributed by atoms with Crippen molar-refractivity contribution in [3.05, 3.63) is 12.5 Å². The Labute approximate surface area is 57.2 Å². The zero-order valence-corrected chi connectivity index (χ0v) is 5.19. The van der Waals surface area contributed by atoms with Gasteiger partial charge >= 0.3 is 6.03 Å². The fourth-order valence-corrected chi connectivity index (χ4v) is 0.575. The number of nitrogens with two attached hydrogens (primary N) is 1. The van der Waals surface area contributed by atoms with Crippen LogP contribution in [0.25, 0.3) is 0 Å². The van der Waals surface area contributed by atoms with Crippen LogP contribution in [0.4, 0.5) is 10.6 Å². The van der Waals surface area contributed by atoms with Crippen LogP contribution in [0.1, 0.15) is 0 Å². The van der Waals surface area contributed by atoms with Crippen LogP contribution in [-0.2, 0) is 0 Å². The highest BCUT2D eigenvalue weighted by Crippen LogP contribution is 2.07. The highest BCUT2D eigenvalue weighted by Gasteiger charge is 2.02. The molecule has 0 fully saturated rings. The molecule has 0 radical (unpaired) electrons. The quantitative estimate of drug-likeness (QED) is 0.560. The molecule has 0 spiro atoms. The summed E-state index contributed by atoms with van der Waals surface area (Å²) < 4.78 is 1.10. The van der Waals surface area contributed by atoms with Gasteiger partial charge in [0.2, 0.25) is 0 Å².